The molecule has 1 aromatic heterocycles. The molecular formula is C13H9BrFNO2S. The average Bonchev–Trinajstić information content (AvgIpc) is 2.37. The van der Waals surface area contributed by atoms with Crippen LogP contribution in [0.25, 0.3) is 0 Å². The molecule has 6 heteroatoms. The number of nitrogens with zero attached hydrogens (tertiary/aromatic N) is 1. The molecule has 0 spiro atoms. The van der Waals surface area contributed by atoms with Gasteiger partial charge in [0.1, 0.15) is 5.82 Å². The SMILES string of the molecule is O=C(O)c1cc(F)cc(CSc2ccc(Br)cn2)c1. The summed E-state index contributed by atoms with van der Waals surface area (Å²) in [6.07, 6.45) is 1.68. The summed E-state index contributed by atoms with van der Waals surface area (Å²) in [7, 11) is 0. The van der Waals surface area contributed by atoms with E-state index in [1.54, 1.807) is 6.20 Å². The van der Waals surface area contributed by atoms with Gasteiger partial charge in [-0.15, -0.1) is 11.8 Å². The van der Waals surface area contributed by atoms with E-state index in [2.05, 4.69) is 20.9 Å². The number of benzene rings is 1. The highest BCUT2D eigenvalue weighted by Crippen LogP contribution is 2.23. The topological polar surface area (TPSA) is 50.2 Å². The molecule has 0 bridgehead atoms. The van der Waals surface area contributed by atoms with Crippen LogP contribution in [-0.2, 0) is 5.75 Å². The van der Waals surface area contributed by atoms with E-state index in [4.69, 9.17) is 5.11 Å². The van der Waals surface area contributed by atoms with Crippen LogP contribution in [0, 0.1) is 5.82 Å². The van der Waals surface area contributed by atoms with Gasteiger partial charge in [0.05, 0.1) is 10.6 Å². The molecule has 0 aliphatic carbocycles. The fourth-order valence-corrected chi connectivity index (χ4v) is 2.47. The molecule has 0 saturated carbocycles. The second-order valence-corrected chi connectivity index (χ2v) is 5.67. The van der Waals surface area contributed by atoms with Gasteiger partial charge in [-0.25, -0.2) is 14.2 Å². The molecule has 0 unspecified atom stereocenters. The van der Waals surface area contributed by atoms with Crippen molar-refractivity contribution in [2.45, 2.75) is 10.8 Å². The predicted molar refractivity (Wildman–Crippen MR) is 74.9 cm³/mol. The van der Waals surface area contributed by atoms with Gasteiger partial charge < -0.3 is 5.11 Å². The number of rotatable bonds is 4. The van der Waals surface area contributed by atoms with Gasteiger partial charge in [-0.3, -0.25) is 0 Å². The second kappa shape index (κ2) is 6.16. The smallest absolute Gasteiger partial charge is 0.335 e. The summed E-state index contributed by atoms with van der Waals surface area (Å²) in [5.41, 5.74) is 0.575. The molecule has 1 heterocycles. The van der Waals surface area contributed by atoms with Crippen LogP contribution in [0.3, 0.4) is 0 Å². The van der Waals surface area contributed by atoms with Gasteiger partial charge in [0.2, 0.25) is 0 Å². The molecule has 3 nitrogen and oxygen atoms in total. The van der Waals surface area contributed by atoms with Crippen LogP contribution in [0.5, 0.6) is 0 Å². The van der Waals surface area contributed by atoms with Gasteiger partial charge in [-0.05, 0) is 51.8 Å². The number of hydrogen-bond donors (Lipinski definition) is 1. The minimum absolute atomic E-state index is 0.0423. The fraction of sp³-hybridized carbons (Fsp3) is 0.0769. The molecule has 98 valence electrons. The van der Waals surface area contributed by atoms with Gasteiger partial charge in [0.25, 0.3) is 0 Å². The molecule has 0 aliphatic rings. The first-order valence-corrected chi connectivity index (χ1v) is 7.09. The van der Waals surface area contributed by atoms with Crippen molar-refractivity contribution in [3.63, 3.8) is 0 Å². The highest BCUT2D eigenvalue weighted by Gasteiger charge is 2.07. The van der Waals surface area contributed by atoms with Crippen molar-refractivity contribution in [3.8, 4) is 0 Å². The molecule has 19 heavy (non-hydrogen) atoms. The van der Waals surface area contributed by atoms with Crippen molar-refractivity contribution in [1.29, 1.82) is 0 Å². The minimum atomic E-state index is -1.13. The maximum absolute atomic E-state index is 13.3. The Kier molecular flexibility index (Phi) is 4.55. The van der Waals surface area contributed by atoms with Crippen molar-refractivity contribution in [3.05, 3.63) is 57.9 Å². The zero-order valence-corrected chi connectivity index (χ0v) is 12.0. The molecule has 0 atom stereocenters. The molecule has 1 N–H and O–H groups in total. The van der Waals surface area contributed by atoms with Gasteiger partial charge in [0.15, 0.2) is 0 Å². The zero-order chi connectivity index (χ0) is 13.8. The number of pyridine rings is 1. The zero-order valence-electron chi connectivity index (χ0n) is 9.64. The molecule has 0 saturated heterocycles. The number of aromatic carboxylic acids is 1. The Morgan fingerprint density at radius 3 is 2.79 bits per heavy atom. The lowest BCUT2D eigenvalue weighted by Gasteiger charge is -2.03. The van der Waals surface area contributed by atoms with Gasteiger partial charge in [0, 0.05) is 16.4 Å². The Bertz CT molecular complexity index is 604. The monoisotopic (exact) mass is 341 g/mol. The van der Waals surface area contributed by atoms with E-state index in [1.165, 1.54) is 23.9 Å². The summed E-state index contributed by atoms with van der Waals surface area (Å²) in [6.45, 7) is 0. The molecule has 0 fully saturated rings. The largest absolute Gasteiger partial charge is 0.478 e. The Balaban J connectivity index is 2.11. The van der Waals surface area contributed by atoms with E-state index >= 15 is 0 Å². The van der Waals surface area contributed by atoms with Gasteiger partial charge in [-0.2, -0.15) is 0 Å². The van der Waals surface area contributed by atoms with Crippen molar-refractivity contribution < 1.29 is 14.3 Å². The van der Waals surface area contributed by atoms with E-state index in [0.717, 1.165) is 15.6 Å². The normalized spacial score (nSPS) is 10.4. The fourth-order valence-electron chi connectivity index (χ4n) is 1.46. The Morgan fingerprint density at radius 2 is 2.16 bits per heavy atom. The molecule has 1 aromatic carbocycles. The van der Waals surface area contributed by atoms with Crippen molar-refractivity contribution >= 4 is 33.7 Å². The minimum Gasteiger partial charge on any atom is -0.478 e. The number of thioether (sulfide) groups is 1. The predicted octanol–water partition coefficient (Wildman–Crippen LogP) is 3.97. The van der Waals surface area contributed by atoms with Crippen LogP contribution in [0.2, 0.25) is 0 Å². The molecule has 2 aromatic rings. The quantitative estimate of drug-likeness (QED) is 0.854. The lowest BCUT2D eigenvalue weighted by molar-refractivity contribution is 0.0696. The molecular weight excluding hydrogens is 333 g/mol. The van der Waals surface area contributed by atoms with Crippen molar-refractivity contribution in [2.24, 2.45) is 0 Å². The van der Waals surface area contributed by atoms with E-state index in [1.807, 2.05) is 12.1 Å². The third-order valence-electron chi connectivity index (χ3n) is 2.29. The molecule has 0 amide bonds. The first-order chi connectivity index (χ1) is 9.04. The first kappa shape index (κ1) is 14.0. The maximum atomic E-state index is 13.3. The van der Waals surface area contributed by atoms with Crippen LogP contribution in [0.15, 0.2) is 46.0 Å². The third kappa shape index (κ3) is 4.04. The Morgan fingerprint density at radius 1 is 1.37 bits per heavy atom. The average molecular weight is 342 g/mol. The number of carbonyl (C=O) groups is 1. The number of carboxylic acids is 1. The van der Waals surface area contributed by atoms with Gasteiger partial charge >= 0.3 is 5.97 Å². The summed E-state index contributed by atoms with van der Waals surface area (Å²) in [6, 6.07) is 7.51. The Labute approximate surface area is 122 Å². The number of hydrogen-bond acceptors (Lipinski definition) is 3. The van der Waals surface area contributed by atoms with Crippen molar-refractivity contribution in [2.75, 3.05) is 0 Å². The van der Waals surface area contributed by atoms with Crippen LogP contribution in [0.1, 0.15) is 15.9 Å². The maximum Gasteiger partial charge on any atom is 0.335 e. The molecule has 0 aliphatic heterocycles. The van der Waals surface area contributed by atoms with E-state index in [-0.39, 0.29) is 5.56 Å². The first-order valence-electron chi connectivity index (χ1n) is 5.32. The molecule has 0 radical (unpaired) electrons. The second-order valence-electron chi connectivity index (χ2n) is 3.76. The molecule has 2 rings (SSSR count). The number of aromatic nitrogens is 1. The van der Waals surface area contributed by atoms with Crippen LogP contribution in [-0.4, -0.2) is 16.1 Å². The summed E-state index contributed by atoms with van der Waals surface area (Å²) < 4.78 is 14.2. The van der Waals surface area contributed by atoms with Gasteiger partial charge in [-0.1, -0.05) is 0 Å². The number of halogens is 2. The van der Waals surface area contributed by atoms with Crippen molar-refractivity contribution in [1.82, 2.24) is 4.98 Å². The summed E-state index contributed by atoms with van der Waals surface area (Å²) >= 11 is 4.71. The summed E-state index contributed by atoms with van der Waals surface area (Å²) in [4.78, 5) is 15.0. The third-order valence-corrected chi connectivity index (χ3v) is 3.78. The van der Waals surface area contributed by atoms with E-state index in [9.17, 15) is 9.18 Å². The standard InChI is InChI=1S/C13H9BrFNO2S/c14-10-1-2-12(16-6-10)19-7-8-3-9(13(17)18)5-11(15)4-8/h1-6H,7H2,(H,17,18). The number of carboxylic acid groups (broad SMARTS) is 1. The van der Waals surface area contributed by atoms with Crippen LogP contribution in [0.4, 0.5) is 4.39 Å². The highest BCUT2D eigenvalue weighted by atomic mass is 79.9. The van der Waals surface area contributed by atoms with E-state index < -0.39 is 11.8 Å². The van der Waals surface area contributed by atoms with E-state index in [0.29, 0.717) is 11.3 Å². The lowest BCUT2D eigenvalue weighted by Crippen LogP contribution is -1.98. The Hall–Kier alpha value is -1.40. The highest BCUT2D eigenvalue weighted by molar-refractivity contribution is 9.10. The van der Waals surface area contributed by atoms with Crippen LogP contribution < -0.4 is 0 Å². The summed E-state index contributed by atoms with van der Waals surface area (Å²) in [5, 5.41) is 9.65. The lowest BCUT2D eigenvalue weighted by atomic mass is 10.1. The summed E-state index contributed by atoms with van der Waals surface area (Å²) in [5.74, 6) is -1.21. The van der Waals surface area contributed by atoms with Crippen LogP contribution >= 0.6 is 27.7 Å².